The van der Waals surface area contributed by atoms with E-state index in [1.54, 1.807) is 4.90 Å². The van der Waals surface area contributed by atoms with Crippen molar-refractivity contribution in [3.63, 3.8) is 0 Å². The number of hydrogen-bond acceptors (Lipinski definition) is 7. The van der Waals surface area contributed by atoms with Crippen molar-refractivity contribution < 1.29 is 37.0 Å². The number of benzene rings is 1. The van der Waals surface area contributed by atoms with Crippen molar-refractivity contribution in [2.75, 3.05) is 19.7 Å². The number of alkyl halides is 3. The van der Waals surface area contributed by atoms with Gasteiger partial charge in [0.05, 0.1) is 17.1 Å². The third-order valence-corrected chi connectivity index (χ3v) is 11.0. The first-order chi connectivity index (χ1) is 22.9. The van der Waals surface area contributed by atoms with E-state index >= 15 is 0 Å². The molecule has 1 aliphatic heterocycles. The van der Waals surface area contributed by atoms with E-state index in [4.69, 9.17) is 9.47 Å². The van der Waals surface area contributed by atoms with Crippen molar-refractivity contribution in [3.05, 3.63) is 34.2 Å². The van der Waals surface area contributed by atoms with Crippen LogP contribution in [0.2, 0.25) is 0 Å². The lowest BCUT2D eigenvalue weighted by atomic mass is 9.73. The smallest absolute Gasteiger partial charge is 0.422 e. The first kappa shape index (κ1) is 38.2. The molecule has 4 atom stereocenters. The number of carbonyl (C=O) groups excluding carboxylic acids is 3. The zero-order valence-corrected chi connectivity index (χ0v) is 29.6. The van der Waals surface area contributed by atoms with Crippen molar-refractivity contribution in [2.45, 2.75) is 124 Å². The molecule has 2 amide bonds. The molecule has 1 aliphatic carbocycles. The number of aromatic amines is 1. The Morgan fingerprint density at radius 2 is 1.84 bits per heavy atom. The molecule has 2 fully saturated rings. The van der Waals surface area contributed by atoms with Crippen LogP contribution in [0.3, 0.4) is 0 Å². The Morgan fingerprint density at radius 1 is 1.10 bits per heavy atom. The number of rotatable bonds is 14. The summed E-state index contributed by atoms with van der Waals surface area (Å²) >= 11 is 0. The summed E-state index contributed by atoms with van der Waals surface area (Å²) < 4.78 is 48.2. The minimum Gasteiger partial charge on any atom is -0.484 e. The van der Waals surface area contributed by atoms with Gasteiger partial charge in [0.2, 0.25) is 5.91 Å². The van der Waals surface area contributed by atoms with Gasteiger partial charge in [-0.3, -0.25) is 14.4 Å². The number of halogens is 3. The van der Waals surface area contributed by atoms with Crippen LogP contribution in [-0.4, -0.2) is 70.2 Å². The molecule has 1 saturated carbocycles. The Hall–Kier alpha value is -3.64. The highest BCUT2D eigenvalue weighted by molar-refractivity contribution is 5.92. The Bertz CT molecular complexity index is 1580. The van der Waals surface area contributed by atoms with E-state index in [0.717, 1.165) is 44.9 Å². The van der Waals surface area contributed by atoms with Crippen molar-refractivity contribution >= 4 is 28.8 Å². The number of ketones is 1. The van der Waals surface area contributed by atoms with Gasteiger partial charge < -0.3 is 24.7 Å². The number of nitrogens with zero attached hydrogens (tertiary/aromatic N) is 2. The monoisotopic (exact) mass is 692 g/mol. The Labute approximate surface area is 285 Å². The minimum atomic E-state index is -4.46. The first-order valence-corrected chi connectivity index (χ1v) is 17.4. The van der Waals surface area contributed by atoms with Crippen LogP contribution in [0.1, 0.15) is 105 Å². The number of aromatic nitrogens is 2. The second-order valence-corrected chi connectivity index (χ2v) is 14.8. The number of carbonyl (C=O) groups is 3. The number of ether oxygens (including phenoxy) is 2. The molecular formula is C36H51F3N4O6. The summed E-state index contributed by atoms with van der Waals surface area (Å²) in [5.41, 5.74) is -0.546. The summed E-state index contributed by atoms with van der Waals surface area (Å²) in [4.78, 5) is 60.7. The molecule has 2 aromatic rings. The van der Waals surface area contributed by atoms with Crippen LogP contribution in [0.4, 0.5) is 18.0 Å². The van der Waals surface area contributed by atoms with Crippen molar-refractivity contribution in [3.8, 4) is 5.75 Å². The summed E-state index contributed by atoms with van der Waals surface area (Å²) in [5.74, 6) is -0.449. The molecule has 2 aliphatic rings. The van der Waals surface area contributed by atoms with E-state index in [2.05, 4.69) is 29.1 Å². The summed E-state index contributed by atoms with van der Waals surface area (Å²) in [7, 11) is 0. The maximum Gasteiger partial charge on any atom is 0.422 e. The van der Waals surface area contributed by atoms with Crippen LogP contribution in [-0.2, 0) is 20.7 Å². The highest BCUT2D eigenvalue weighted by Crippen LogP contribution is 2.51. The van der Waals surface area contributed by atoms with Crippen LogP contribution in [0.15, 0.2) is 23.0 Å². The van der Waals surface area contributed by atoms with E-state index in [1.165, 1.54) is 18.2 Å². The molecule has 4 rings (SSSR count). The molecule has 1 aromatic carbocycles. The van der Waals surface area contributed by atoms with Crippen molar-refractivity contribution in [2.24, 2.45) is 16.7 Å². The molecule has 2 heterocycles. The molecule has 272 valence electrons. The number of fused-ring (bicyclic) bond motifs is 1. The molecule has 0 spiro atoms. The van der Waals surface area contributed by atoms with E-state index in [0.29, 0.717) is 42.5 Å². The van der Waals surface area contributed by atoms with E-state index in [9.17, 15) is 32.3 Å². The van der Waals surface area contributed by atoms with E-state index < -0.39 is 30.5 Å². The molecule has 13 heteroatoms. The number of unbranched alkanes of at least 4 members (excludes halogenated alkanes) is 2. The largest absolute Gasteiger partial charge is 0.484 e. The Balaban J connectivity index is 1.26. The van der Waals surface area contributed by atoms with Gasteiger partial charge in [-0.25, -0.2) is 9.78 Å². The van der Waals surface area contributed by atoms with Gasteiger partial charge in [0, 0.05) is 23.9 Å². The van der Waals surface area contributed by atoms with Gasteiger partial charge >= 0.3 is 12.3 Å². The van der Waals surface area contributed by atoms with Crippen molar-refractivity contribution in [1.29, 1.82) is 0 Å². The lowest BCUT2D eigenvalue weighted by molar-refractivity contribution is -0.153. The Morgan fingerprint density at radius 3 is 2.51 bits per heavy atom. The zero-order chi connectivity index (χ0) is 36.2. The molecule has 1 aromatic heterocycles. The highest BCUT2D eigenvalue weighted by Gasteiger charge is 2.51. The van der Waals surface area contributed by atoms with Gasteiger partial charge in [-0.2, -0.15) is 13.2 Å². The van der Waals surface area contributed by atoms with Crippen LogP contribution >= 0.6 is 0 Å². The fraction of sp³-hybridized carbons (Fsp3) is 0.694. The molecule has 1 saturated heterocycles. The SMILES string of the molecule is CCC1(C)CCN(C(=O)CNC(=O)OC2(C)CCCC2(C)CCCCCc2nc3ccc(OCC(F)(F)F)cc3[nH]c2=O)[C@@H]1C(=O)C(C)C. The average molecular weight is 693 g/mol. The molecule has 49 heavy (non-hydrogen) atoms. The summed E-state index contributed by atoms with van der Waals surface area (Å²) in [5, 5.41) is 2.66. The van der Waals surface area contributed by atoms with Gasteiger partial charge in [0.15, 0.2) is 12.4 Å². The third kappa shape index (κ3) is 8.94. The molecular weight excluding hydrogens is 641 g/mol. The number of aryl methyl sites for hydroxylation is 1. The van der Waals surface area contributed by atoms with Gasteiger partial charge in [-0.05, 0) is 75.8 Å². The summed E-state index contributed by atoms with van der Waals surface area (Å²) in [6, 6.07) is 3.74. The van der Waals surface area contributed by atoms with Crippen LogP contribution < -0.4 is 15.6 Å². The lowest BCUT2D eigenvalue weighted by Gasteiger charge is -2.40. The number of Topliss-reactive ketones (excluding diaryl/α,β-unsaturated/α-hetero) is 1. The molecule has 2 N–H and O–H groups in total. The fourth-order valence-electron chi connectivity index (χ4n) is 7.42. The second-order valence-electron chi connectivity index (χ2n) is 14.8. The third-order valence-electron chi connectivity index (χ3n) is 11.0. The van der Waals surface area contributed by atoms with Gasteiger partial charge in [-0.1, -0.05) is 47.5 Å². The second kappa shape index (κ2) is 15.1. The quantitative estimate of drug-likeness (QED) is 0.206. The first-order valence-electron chi connectivity index (χ1n) is 17.4. The predicted octanol–water partition coefficient (Wildman–Crippen LogP) is 6.88. The lowest BCUT2D eigenvalue weighted by Crippen LogP contribution is -2.52. The van der Waals surface area contributed by atoms with Crippen LogP contribution in [0, 0.1) is 16.7 Å². The standard InChI is InChI=1S/C36H51F3N4O6/c1-7-33(4)18-19-43(30(33)29(45)23(2)3)28(44)21-40-32(47)49-35(6)17-11-16-34(35,5)15-10-8-9-12-26-31(46)42-27-20-24(13-14-25(27)41-26)48-22-36(37,38)39/h13-14,20,23,30H,7-12,15-19,21-22H2,1-6H3,(H,40,47)(H,42,46)/t30-,33?,34?,35?/m1/s1. The number of hydrogen-bond donors (Lipinski definition) is 2. The van der Waals surface area contributed by atoms with E-state index in [-0.39, 0.29) is 46.3 Å². The molecule has 0 bridgehead atoms. The molecule has 0 radical (unpaired) electrons. The molecule has 10 nitrogen and oxygen atoms in total. The minimum absolute atomic E-state index is 0.00745. The highest BCUT2D eigenvalue weighted by atomic mass is 19.4. The normalized spacial score (nSPS) is 25.6. The number of likely N-dealkylation sites (tertiary alicyclic amines) is 1. The maximum absolute atomic E-state index is 13.2. The summed E-state index contributed by atoms with van der Waals surface area (Å²) in [6.07, 6.45) is 2.52. The number of alkyl carbamates (subject to hydrolysis) is 1. The number of amides is 2. The predicted molar refractivity (Wildman–Crippen MR) is 179 cm³/mol. The van der Waals surface area contributed by atoms with E-state index in [1.807, 2.05) is 27.7 Å². The van der Waals surface area contributed by atoms with Gasteiger partial charge in [0.25, 0.3) is 5.56 Å². The average Bonchev–Trinajstić information content (AvgIpc) is 3.53. The van der Waals surface area contributed by atoms with Gasteiger partial charge in [-0.15, -0.1) is 0 Å². The maximum atomic E-state index is 13.2. The van der Waals surface area contributed by atoms with Gasteiger partial charge in [0.1, 0.15) is 23.6 Å². The fourth-order valence-corrected chi connectivity index (χ4v) is 7.42. The topological polar surface area (TPSA) is 131 Å². The van der Waals surface area contributed by atoms with Crippen LogP contribution in [0.5, 0.6) is 5.75 Å². The Kier molecular flexibility index (Phi) is 11.7. The number of H-pyrrole nitrogens is 1. The summed E-state index contributed by atoms with van der Waals surface area (Å²) in [6.45, 7) is 10.7. The van der Waals surface area contributed by atoms with Crippen LogP contribution in [0.25, 0.3) is 11.0 Å². The number of nitrogens with one attached hydrogen (secondary N) is 2. The zero-order valence-electron chi connectivity index (χ0n) is 29.6. The molecule has 3 unspecified atom stereocenters. The van der Waals surface area contributed by atoms with Crippen molar-refractivity contribution in [1.82, 2.24) is 20.2 Å².